The zero-order chi connectivity index (χ0) is 13.3. The van der Waals surface area contributed by atoms with Gasteiger partial charge in [-0.3, -0.25) is 4.79 Å². The molecule has 0 radical (unpaired) electrons. The third-order valence-corrected chi connectivity index (χ3v) is 2.83. The maximum atomic E-state index is 11.8. The molecule has 1 heterocycles. The number of benzene rings is 1. The second-order valence-corrected chi connectivity index (χ2v) is 4.63. The Kier molecular flexibility index (Phi) is 3.43. The van der Waals surface area contributed by atoms with Crippen molar-refractivity contribution in [2.45, 2.75) is 13.8 Å². The van der Waals surface area contributed by atoms with Gasteiger partial charge in [0.25, 0.3) is 0 Å². The number of rotatable bonds is 3. The summed E-state index contributed by atoms with van der Waals surface area (Å²) in [6, 6.07) is 3.40. The Hall–Kier alpha value is -1.74. The van der Waals surface area contributed by atoms with Gasteiger partial charge in [-0.25, -0.2) is 0 Å². The van der Waals surface area contributed by atoms with E-state index < -0.39 is 0 Å². The van der Waals surface area contributed by atoms with Crippen molar-refractivity contribution in [1.29, 1.82) is 0 Å². The molecule has 0 bridgehead atoms. The Balaban J connectivity index is 2.55. The Morgan fingerprint density at radius 2 is 2.22 bits per heavy atom. The van der Waals surface area contributed by atoms with E-state index in [2.05, 4.69) is 6.58 Å². The topological polar surface area (TPSA) is 39.4 Å². The first-order valence-corrected chi connectivity index (χ1v) is 5.86. The van der Waals surface area contributed by atoms with Crippen molar-refractivity contribution in [2.75, 3.05) is 6.61 Å². The third-order valence-electron chi connectivity index (χ3n) is 2.57. The molecule has 0 aliphatic heterocycles. The zero-order valence-corrected chi connectivity index (χ0v) is 11.0. The molecule has 0 saturated heterocycles. The highest BCUT2D eigenvalue weighted by Crippen LogP contribution is 2.26. The van der Waals surface area contributed by atoms with Crippen LogP contribution in [0.15, 0.2) is 39.8 Å². The first-order valence-electron chi connectivity index (χ1n) is 5.48. The van der Waals surface area contributed by atoms with Gasteiger partial charge in [0.2, 0.25) is 5.43 Å². The molecule has 0 saturated carbocycles. The average molecular weight is 265 g/mol. The molecule has 0 unspecified atom stereocenters. The lowest BCUT2D eigenvalue weighted by atomic mass is 10.1. The largest absolute Gasteiger partial charge is 0.489 e. The molecule has 0 N–H and O–H groups in total. The molecule has 0 amide bonds. The lowest BCUT2D eigenvalue weighted by Crippen LogP contribution is -2.04. The van der Waals surface area contributed by atoms with Crippen LogP contribution in [0, 0.1) is 6.92 Å². The van der Waals surface area contributed by atoms with Gasteiger partial charge in [-0.15, -0.1) is 0 Å². The van der Waals surface area contributed by atoms with Gasteiger partial charge in [-0.2, -0.15) is 0 Å². The van der Waals surface area contributed by atoms with E-state index in [-0.39, 0.29) is 10.5 Å². The predicted molar refractivity (Wildman–Crippen MR) is 72.5 cm³/mol. The molecule has 0 atom stereocenters. The highest BCUT2D eigenvalue weighted by atomic mass is 35.5. The number of hydrogen-bond donors (Lipinski definition) is 0. The van der Waals surface area contributed by atoms with E-state index in [0.29, 0.717) is 23.3 Å². The van der Waals surface area contributed by atoms with Crippen LogP contribution >= 0.6 is 11.6 Å². The molecule has 0 aliphatic carbocycles. The fourth-order valence-corrected chi connectivity index (χ4v) is 1.80. The normalized spacial score (nSPS) is 10.6. The van der Waals surface area contributed by atoms with Crippen LogP contribution in [0.1, 0.15) is 12.5 Å². The molecule has 3 nitrogen and oxygen atoms in total. The van der Waals surface area contributed by atoms with Crippen LogP contribution in [0.5, 0.6) is 5.75 Å². The molecule has 18 heavy (non-hydrogen) atoms. The molecule has 1 aromatic carbocycles. The number of hydrogen-bond acceptors (Lipinski definition) is 3. The molecule has 0 spiro atoms. The van der Waals surface area contributed by atoms with Gasteiger partial charge in [0, 0.05) is 5.56 Å². The molecule has 2 aromatic rings. The monoisotopic (exact) mass is 264 g/mol. The summed E-state index contributed by atoms with van der Waals surface area (Å²) < 4.78 is 10.9. The highest BCUT2D eigenvalue weighted by Gasteiger charge is 2.11. The highest BCUT2D eigenvalue weighted by molar-refractivity contribution is 6.30. The minimum Gasteiger partial charge on any atom is -0.489 e. The van der Waals surface area contributed by atoms with E-state index in [1.165, 1.54) is 6.26 Å². The van der Waals surface area contributed by atoms with Crippen molar-refractivity contribution >= 4 is 22.6 Å². The Morgan fingerprint density at radius 3 is 2.89 bits per heavy atom. The summed E-state index contributed by atoms with van der Waals surface area (Å²) >= 11 is 5.73. The van der Waals surface area contributed by atoms with Gasteiger partial charge in [-0.1, -0.05) is 18.2 Å². The summed E-state index contributed by atoms with van der Waals surface area (Å²) in [4.78, 5) is 11.8. The van der Waals surface area contributed by atoms with E-state index >= 15 is 0 Å². The Labute approximate surface area is 110 Å². The Morgan fingerprint density at radius 1 is 1.50 bits per heavy atom. The van der Waals surface area contributed by atoms with Crippen LogP contribution < -0.4 is 10.2 Å². The second kappa shape index (κ2) is 4.86. The van der Waals surface area contributed by atoms with Crippen LogP contribution in [0.2, 0.25) is 5.02 Å². The molecule has 94 valence electrons. The number of ether oxygens (including phenoxy) is 1. The minimum absolute atomic E-state index is 0.0810. The quantitative estimate of drug-likeness (QED) is 0.794. The number of aryl methyl sites for hydroxylation is 1. The summed E-state index contributed by atoms with van der Waals surface area (Å²) in [5.74, 6) is 0.677. The fourth-order valence-electron chi connectivity index (χ4n) is 1.65. The first-order chi connectivity index (χ1) is 8.50. The maximum Gasteiger partial charge on any atom is 0.211 e. The first kappa shape index (κ1) is 12.7. The maximum absolute atomic E-state index is 11.8. The number of fused-ring (bicyclic) bond motifs is 1. The SMILES string of the molecule is C=C(C)COc1ccc2c(=O)c(Cl)coc2c1C. The smallest absolute Gasteiger partial charge is 0.211 e. The van der Waals surface area contributed by atoms with Crippen molar-refractivity contribution in [3.8, 4) is 5.75 Å². The van der Waals surface area contributed by atoms with Crippen molar-refractivity contribution in [1.82, 2.24) is 0 Å². The molecular weight excluding hydrogens is 252 g/mol. The van der Waals surface area contributed by atoms with Crippen molar-refractivity contribution < 1.29 is 9.15 Å². The minimum atomic E-state index is -0.229. The molecule has 1 aromatic heterocycles. The standard InChI is InChI=1S/C14H13ClO3/c1-8(2)6-17-12-5-4-10-13(16)11(15)7-18-14(10)9(12)3/h4-5,7H,1,6H2,2-3H3. The van der Waals surface area contributed by atoms with E-state index in [1.54, 1.807) is 12.1 Å². The van der Waals surface area contributed by atoms with Gasteiger partial charge in [-0.05, 0) is 31.6 Å². The summed E-state index contributed by atoms with van der Waals surface area (Å²) in [5.41, 5.74) is 1.98. The van der Waals surface area contributed by atoms with Gasteiger partial charge >= 0.3 is 0 Å². The lowest BCUT2D eigenvalue weighted by molar-refractivity contribution is 0.350. The fraction of sp³-hybridized carbons (Fsp3) is 0.214. The third kappa shape index (κ3) is 2.27. The number of halogens is 1. The predicted octanol–water partition coefficient (Wildman–Crippen LogP) is 3.71. The summed E-state index contributed by atoms with van der Waals surface area (Å²) in [7, 11) is 0. The molecule has 0 fully saturated rings. The van der Waals surface area contributed by atoms with Gasteiger partial charge in [0.1, 0.15) is 29.2 Å². The average Bonchev–Trinajstić information content (AvgIpc) is 2.33. The Bertz CT molecular complexity index is 671. The van der Waals surface area contributed by atoms with Crippen molar-refractivity contribution in [3.05, 3.63) is 51.4 Å². The molecule has 4 heteroatoms. The van der Waals surface area contributed by atoms with E-state index in [9.17, 15) is 4.79 Å². The summed E-state index contributed by atoms with van der Waals surface area (Å²) in [5, 5.41) is 0.542. The van der Waals surface area contributed by atoms with Gasteiger partial charge in [0.15, 0.2) is 0 Å². The van der Waals surface area contributed by atoms with Crippen LogP contribution in [0.4, 0.5) is 0 Å². The summed E-state index contributed by atoms with van der Waals surface area (Å²) in [6.07, 6.45) is 1.25. The van der Waals surface area contributed by atoms with Crippen LogP contribution in [0.3, 0.4) is 0 Å². The second-order valence-electron chi connectivity index (χ2n) is 4.22. The lowest BCUT2D eigenvalue weighted by Gasteiger charge is -2.10. The zero-order valence-electron chi connectivity index (χ0n) is 10.2. The van der Waals surface area contributed by atoms with E-state index in [1.807, 2.05) is 13.8 Å². The van der Waals surface area contributed by atoms with E-state index in [4.69, 9.17) is 20.8 Å². The molecular formula is C14H13ClO3. The van der Waals surface area contributed by atoms with Gasteiger partial charge < -0.3 is 9.15 Å². The van der Waals surface area contributed by atoms with Crippen molar-refractivity contribution in [3.63, 3.8) is 0 Å². The molecule has 2 rings (SSSR count). The van der Waals surface area contributed by atoms with Crippen LogP contribution in [0.25, 0.3) is 11.0 Å². The van der Waals surface area contributed by atoms with E-state index in [0.717, 1.165) is 11.1 Å². The summed E-state index contributed by atoms with van der Waals surface area (Å²) in [6.45, 7) is 7.93. The van der Waals surface area contributed by atoms with Gasteiger partial charge in [0.05, 0.1) is 5.39 Å². The molecule has 0 aliphatic rings. The van der Waals surface area contributed by atoms with Crippen LogP contribution in [-0.2, 0) is 0 Å². The van der Waals surface area contributed by atoms with Crippen LogP contribution in [-0.4, -0.2) is 6.61 Å². The van der Waals surface area contributed by atoms with Crippen molar-refractivity contribution in [2.24, 2.45) is 0 Å².